The molecular formula is C13H18N2. The van der Waals surface area contributed by atoms with Crippen LogP contribution in [0.25, 0.3) is 0 Å². The van der Waals surface area contributed by atoms with Gasteiger partial charge in [-0.2, -0.15) is 5.26 Å². The summed E-state index contributed by atoms with van der Waals surface area (Å²) in [5.74, 6) is 0.701. The maximum Gasteiger partial charge on any atom is 0.0843 e. The van der Waals surface area contributed by atoms with Crippen molar-refractivity contribution in [1.29, 1.82) is 5.26 Å². The normalized spacial score (nSPS) is 10.3. The van der Waals surface area contributed by atoms with Crippen LogP contribution < -0.4 is 5.32 Å². The Kier molecular flexibility index (Phi) is 4.86. The topological polar surface area (TPSA) is 35.8 Å². The summed E-state index contributed by atoms with van der Waals surface area (Å²) < 4.78 is 0. The van der Waals surface area contributed by atoms with Gasteiger partial charge in [0, 0.05) is 6.54 Å². The van der Waals surface area contributed by atoms with Gasteiger partial charge in [-0.25, -0.2) is 0 Å². The van der Waals surface area contributed by atoms with Gasteiger partial charge in [-0.05, 0) is 23.5 Å². The van der Waals surface area contributed by atoms with E-state index in [1.807, 2.05) is 0 Å². The molecule has 0 amide bonds. The molecule has 80 valence electrons. The fourth-order valence-corrected chi connectivity index (χ4v) is 1.53. The third-order valence-electron chi connectivity index (χ3n) is 2.20. The van der Waals surface area contributed by atoms with Crippen molar-refractivity contribution in [2.75, 3.05) is 6.54 Å². The van der Waals surface area contributed by atoms with Crippen LogP contribution in [-0.2, 0) is 13.0 Å². The Morgan fingerprint density at radius 3 is 2.33 bits per heavy atom. The number of hydrogen-bond acceptors (Lipinski definition) is 2. The van der Waals surface area contributed by atoms with Gasteiger partial charge in [-0.15, -0.1) is 0 Å². The lowest BCUT2D eigenvalue weighted by molar-refractivity contribution is 0.647. The van der Waals surface area contributed by atoms with Gasteiger partial charge in [0.2, 0.25) is 0 Å². The van der Waals surface area contributed by atoms with Gasteiger partial charge in [-0.3, -0.25) is 0 Å². The highest BCUT2D eigenvalue weighted by Crippen LogP contribution is 2.09. The van der Waals surface area contributed by atoms with Gasteiger partial charge in [0.25, 0.3) is 0 Å². The van der Waals surface area contributed by atoms with Crippen molar-refractivity contribution in [3.63, 3.8) is 0 Å². The quantitative estimate of drug-likeness (QED) is 0.588. The summed E-state index contributed by atoms with van der Waals surface area (Å²) in [4.78, 5) is 0. The zero-order chi connectivity index (χ0) is 11.1. The first-order valence-corrected chi connectivity index (χ1v) is 5.38. The van der Waals surface area contributed by atoms with Gasteiger partial charge < -0.3 is 5.32 Å². The molecule has 0 aliphatic heterocycles. The average molecular weight is 202 g/mol. The van der Waals surface area contributed by atoms with Crippen LogP contribution in [0, 0.1) is 17.2 Å². The van der Waals surface area contributed by atoms with Crippen LogP contribution in [-0.4, -0.2) is 6.54 Å². The van der Waals surface area contributed by atoms with E-state index in [0.29, 0.717) is 12.5 Å². The number of nitriles is 1. The van der Waals surface area contributed by atoms with Crippen molar-refractivity contribution in [1.82, 2.24) is 5.32 Å². The molecule has 0 heterocycles. The van der Waals surface area contributed by atoms with Gasteiger partial charge >= 0.3 is 0 Å². The molecule has 0 bridgehead atoms. The summed E-state index contributed by atoms with van der Waals surface area (Å²) in [6.07, 6.45) is 1.13. The molecule has 1 N–H and O–H groups in total. The predicted octanol–water partition coefficient (Wildman–Crippen LogP) is 2.50. The molecule has 1 aromatic carbocycles. The van der Waals surface area contributed by atoms with Crippen LogP contribution in [0.5, 0.6) is 0 Å². The van der Waals surface area contributed by atoms with Crippen molar-refractivity contribution in [3.05, 3.63) is 35.4 Å². The molecule has 0 fully saturated rings. The molecule has 1 aromatic rings. The monoisotopic (exact) mass is 202 g/mol. The molecule has 0 aromatic heterocycles. The van der Waals surface area contributed by atoms with E-state index in [1.165, 1.54) is 11.1 Å². The molecule has 0 atom stereocenters. The SMILES string of the molecule is CC(C)Cc1ccc(CNCC#N)cc1. The summed E-state index contributed by atoms with van der Waals surface area (Å²) in [6, 6.07) is 10.7. The lowest BCUT2D eigenvalue weighted by Gasteiger charge is -2.06. The summed E-state index contributed by atoms with van der Waals surface area (Å²) in [7, 11) is 0. The Hall–Kier alpha value is -1.33. The molecule has 0 spiro atoms. The highest BCUT2D eigenvalue weighted by Gasteiger charge is 1.97. The summed E-state index contributed by atoms with van der Waals surface area (Å²) >= 11 is 0. The third-order valence-corrected chi connectivity index (χ3v) is 2.20. The molecule has 0 unspecified atom stereocenters. The van der Waals surface area contributed by atoms with Gasteiger partial charge in [0.05, 0.1) is 12.6 Å². The summed E-state index contributed by atoms with van der Waals surface area (Å²) in [5.41, 5.74) is 2.62. The first kappa shape index (κ1) is 11.7. The van der Waals surface area contributed by atoms with E-state index < -0.39 is 0 Å². The van der Waals surface area contributed by atoms with Crippen LogP contribution in [0.1, 0.15) is 25.0 Å². The lowest BCUT2D eigenvalue weighted by Crippen LogP contribution is -2.12. The first-order chi connectivity index (χ1) is 7.22. The fourth-order valence-electron chi connectivity index (χ4n) is 1.53. The van der Waals surface area contributed by atoms with Crippen LogP contribution in [0.4, 0.5) is 0 Å². The Balaban J connectivity index is 2.46. The zero-order valence-corrected chi connectivity index (χ0v) is 9.46. The van der Waals surface area contributed by atoms with Crippen LogP contribution >= 0.6 is 0 Å². The summed E-state index contributed by atoms with van der Waals surface area (Å²) in [6.45, 7) is 5.63. The minimum Gasteiger partial charge on any atom is -0.300 e. The van der Waals surface area contributed by atoms with Crippen LogP contribution in [0.15, 0.2) is 24.3 Å². The van der Waals surface area contributed by atoms with E-state index in [4.69, 9.17) is 5.26 Å². The lowest BCUT2D eigenvalue weighted by atomic mass is 10.0. The van der Waals surface area contributed by atoms with Gasteiger partial charge in [0.15, 0.2) is 0 Å². The summed E-state index contributed by atoms with van der Waals surface area (Å²) in [5, 5.41) is 11.4. The molecule has 0 saturated carbocycles. The maximum atomic E-state index is 8.38. The van der Waals surface area contributed by atoms with Gasteiger partial charge in [-0.1, -0.05) is 38.1 Å². The van der Waals surface area contributed by atoms with Crippen molar-refractivity contribution in [2.24, 2.45) is 5.92 Å². The van der Waals surface area contributed by atoms with E-state index >= 15 is 0 Å². The molecule has 1 rings (SSSR count). The Labute approximate surface area is 91.9 Å². The minimum atomic E-state index is 0.410. The Bertz CT molecular complexity index is 319. The number of hydrogen-bond donors (Lipinski definition) is 1. The molecule has 2 nitrogen and oxygen atoms in total. The fraction of sp³-hybridized carbons (Fsp3) is 0.462. The minimum absolute atomic E-state index is 0.410. The van der Waals surface area contributed by atoms with E-state index in [1.54, 1.807) is 0 Å². The van der Waals surface area contributed by atoms with Crippen molar-refractivity contribution >= 4 is 0 Å². The third kappa shape index (κ3) is 4.62. The van der Waals surface area contributed by atoms with E-state index in [2.05, 4.69) is 49.5 Å². The molecule has 0 aliphatic carbocycles. The molecule has 0 radical (unpaired) electrons. The largest absolute Gasteiger partial charge is 0.300 e. The highest BCUT2D eigenvalue weighted by molar-refractivity contribution is 5.22. The second kappa shape index (κ2) is 6.21. The van der Waals surface area contributed by atoms with E-state index in [0.717, 1.165) is 13.0 Å². The van der Waals surface area contributed by atoms with Crippen molar-refractivity contribution in [2.45, 2.75) is 26.8 Å². The molecule has 2 heteroatoms. The molecular weight excluding hydrogens is 184 g/mol. The highest BCUT2D eigenvalue weighted by atomic mass is 14.8. The van der Waals surface area contributed by atoms with Gasteiger partial charge in [0.1, 0.15) is 0 Å². The van der Waals surface area contributed by atoms with E-state index in [-0.39, 0.29) is 0 Å². The predicted molar refractivity (Wildman–Crippen MR) is 62.3 cm³/mol. The second-order valence-corrected chi connectivity index (χ2v) is 4.18. The average Bonchev–Trinajstić information content (AvgIpc) is 2.20. The standard InChI is InChI=1S/C13H18N2/c1-11(2)9-12-3-5-13(6-4-12)10-15-8-7-14/h3-6,11,15H,8-10H2,1-2H3. The van der Waals surface area contributed by atoms with Crippen LogP contribution in [0.3, 0.4) is 0 Å². The second-order valence-electron chi connectivity index (χ2n) is 4.18. The maximum absolute atomic E-state index is 8.38. The van der Waals surface area contributed by atoms with E-state index in [9.17, 15) is 0 Å². The van der Waals surface area contributed by atoms with Crippen molar-refractivity contribution < 1.29 is 0 Å². The van der Waals surface area contributed by atoms with Crippen LogP contribution in [0.2, 0.25) is 0 Å². The number of rotatable bonds is 5. The number of nitrogens with one attached hydrogen (secondary N) is 1. The molecule has 15 heavy (non-hydrogen) atoms. The smallest absolute Gasteiger partial charge is 0.0843 e. The number of nitrogens with zero attached hydrogens (tertiary/aromatic N) is 1. The molecule has 0 aliphatic rings. The number of benzene rings is 1. The first-order valence-electron chi connectivity index (χ1n) is 5.38. The zero-order valence-electron chi connectivity index (χ0n) is 9.46. The Morgan fingerprint density at radius 2 is 1.80 bits per heavy atom. The van der Waals surface area contributed by atoms with Crippen molar-refractivity contribution in [3.8, 4) is 6.07 Å². The molecule has 0 saturated heterocycles. The Morgan fingerprint density at radius 1 is 1.20 bits per heavy atom.